The number of para-hydroxylation sites is 3. The third-order valence-corrected chi connectivity index (χ3v) is 14.5. The Kier molecular flexibility index (Phi) is 8.00. The van der Waals surface area contributed by atoms with Gasteiger partial charge in [-0.15, -0.1) is 0 Å². The van der Waals surface area contributed by atoms with Gasteiger partial charge in [0, 0.05) is 60.2 Å². The zero-order valence-electron chi connectivity index (χ0n) is 37.1. The zero-order valence-corrected chi connectivity index (χ0v) is 37.1. The number of nitrogens with zero attached hydrogens (tertiary/aromatic N) is 4. The second-order valence-electron chi connectivity index (χ2n) is 18.5. The van der Waals surface area contributed by atoms with Gasteiger partial charge >= 0.3 is 0 Å². The Labute approximate surface area is 387 Å². The lowest BCUT2D eigenvalue weighted by Crippen LogP contribution is -2.15. The molecule has 3 aromatic heterocycles. The highest BCUT2D eigenvalue weighted by Crippen LogP contribution is 2.50. The van der Waals surface area contributed by atoms with Crippen LogP contribution >= 0.6 is 0 Å². The summed E-state index contributed by atoms with van der Waals surface area (Å²) in [6.45, 7) is 4.67. The lowest BCUT2D eigenvalue weighted by atomic mass is 9.81. The van der Waals surface area contributed by atoms with Crippen molar-refractivity contribution in [3.63, 3.8) is 0 Å². The third kappa shape index (κ3) is 5.54. The summed E-state index contributed by atoms with van der Waals surface area (Å²) in [6.07, 6.45) is 0. The van der Waals surface area contributed by atoms with Crippen LogP contribution in [0.25, 0.3) is 122 Å². The van der Waals surface area contributed by atoms with E-state index in [0.717, 1.165) is 60.9 Å². The number of fused-ring (bicyclic) bond motifs is 12. The summed E-state index contributed by atoms with van der Waals surface area (Å²) in [5.74, 6) is 0.710. The first-order valence-corrected chi connectivity index (χ1v) is 23.2. The van der Waals surface area contributed by atoms with E-state index in [1.807, 2.05) is 0 Å². The predicted molar refractivity (Wildman–Crippen MR) is 280 cm³/mol. The van der Waals surface area contributed by atoms with Crippen LogP contribution in [0.3, 0.4) is 0 Å². The Morgan fingerprint density at radius 3 is 1.82 bits per heavy atom. The topological polar surface area (TPSA) is 35.6 Å². The number of benzene rings is 10. The second-order valence-corrected chi connectivity index (χ2v) is 18.5. The van der Waals surface area contributed by atoms with Crippen LogP contribution in [-0.2, 0) is 5.41 Å². The Bertz CT molecular complexity index is 4170. The Morgan fingerprint density at radius 2 is 0.970 bits per heavy atom. The van der Waals surface area contributed by atoms with Crippen molar-refractivity contribution < 1.29 is 0 Å². The molecule has 4 nitrogen and oxygen atoms in total. The van der Waals surface area contributed by atoms with E-state index in [9.17, 15) is 0 Å². The van der Waals surface area contributed by atoms with E-state index < -0.39 is 0 Å². The van der Waals surface area contributed by atoms with Gasteiger partial charge in [-0.2, -0.15) is 0 Å². The molecule has 0 aliphatic heterocycles. The Morgan fingerprint density at radius 1 is 0.358 bits per heavy atom. The maximum atomic E-state index is 5.45. The molecule has 0 unspecified atom stereocenters. The van der Waals surface area contributed by atoms with Gasteiger partial charge in [0.2, 0.25) is 0 Å². The van der Waals surface area contributed by atoms with Crippen LogP contribution in [0.5, 0.6) is 0 Å². The lowest BCUT2D eigenvalue weighted by Gasteiger charge is -2.22. The van der Waals surface area contributed by atoms with Gasteiger partial charge < -0.3 is 9.13 Å². The van der Waals surface area contributed by atoms with Gasteiger partial charge in [0.1, 0.15) is 0 Å². The van der Waals surface area contributed by atoms with Gasteiger partial charge in [-0.1, -0.05) is 153 Å². The minimum Gasteiger partial charge on any atom is -0.309 e. The minimum atomic E-state index is -0.123. The van der Waals surface area contributed by atoms with Crippen molar-refractivity contribution >= 4 is 65.3 Å². The standard InChI is InChI=1S/C63H42N4/c1-63(2)53-23-11-8-19-47(53)48-34-30-42(38-54(48)63)60-51-35-29-39-15-6-7-18-46(39)61(51)65-62(64-60)40-27-32-44(33-28-40)67-56-25-13-10-21-50(56)59-45(22-14-26-58(59)67)41-31-36-57-52(37-41)49-20-9-12-24-55(49)66(57)43-16-4-3-5-17-43/h3-38H,1-2H3. The Balaban J connectivity index is 0.909. The molecule has 4 heteroatoms. The van der Waals surface area contributed by atoms with Gasteiger partial charge in [-0.25, -0.2) is 9.97 Å². The summed E-state index contributed by atoms with van der Waals surface area (Å²) in [6, 6.07) is 79.4. The zero-order chi connectivity index (χ0) is 44.4. The molecule has 14 rings (SSSR count). The summed E-state index contributed by atoms with van der Waals surface area (Å²) in [5.41, 5.74) is 18.5. The predicted octanol–water partition coefficient (Wildman–Crippen LogP) is 16.3. The summed E-state index contributed by atoms with van der Waals surface area (Å²) < 4.78 is 4.78. The quantitative estimate of drug-likeness (QED) is 0.162. The highest BCUT2D eigenvalue weighted by molar-refractivity contribution is 6.17. The van der Waals surface area contributed by atoms with Gasteiger partial charge in [0.05, 0.1) is 33.3 Å². The molecule has 0 radical (unpaired) electrons. The van der Waals surface area contributed by atoms with Crippen molar-refractivity contribution in [3.8, 4) is 56.3 Å². The molecule has 10 aromatic carbocycles. The maximum Gasteiger partial charge on any atom is 0.160 e. The molecule has 3 heterocycles. The van der Waals surface area contributed by atoms with Crippen LogP contribution in [0, 0.1) is 0 Å². The molecule has 1 aliphatic carbocycles. The van der Waals surface area contributed by atoms with E-state index >= 15 is 0 Å². The SMILES string of the molecule is CC1(C)c2ccccc2-c2ccc(-c3nc(-c4ccc(-n5c6ccccc6c6c(-c7ccc8c(c7)c7ccccc7n8-c7ccccc7)cccc65)cc4)nc4c3ccc3ccccc34)cc21. The summed E-state index contributed by atoms with van der Waals surface area (Å²) in [7, 11) is 0. The van der Waals surface area contributed by atoms with Gasteiger partial charge in [-0.3, -0.25) is 0 Å². The van der Waals surface area contributed by atoms with Crippen LogP contribution < -0.4 is 0 Å². The number of hydrogen-bond acceptors (Lipinski definition) is 2. The largest absolute Gasteiger partial charge is 0.309 e. The van der Waals surface area contributed by atoms with Gasteiger partial charge in [0.15, 0.2) is 5.82 Å². The highest BCUT2D eigenvalue weighted by Gasteiger charge is 2.35. The van der Waals surface area contributed by atoms with Crippen molar-refractivity contribution in [2.24, 2.45) is 0 Å². The molecular weight excluding hydrogens is 813 g/mol. The first kappa shape index (κ1) is 37.7. The maximum absolute atomic E-state index is 5.45. The summed E-state index contributed by atoms with van der Waals surface area (Å²) in [5, 5.41) is 8.28. The van der Waals surface area contributed by atoms with E-state index in [1.54, 1.807) is 0 Å². The fourth-order valence-electron chi connectivity index (χ4n) is 11.4. The molecule has 0 spiro atoms. The van der Waals surface area contributed by atoms with Crippen molar-refractivity contribution in [2.75, 3.05) is 0 Å². The summed E-state index contributed by atoms with van der Waals surface area (Å²) in [4.78, 5) is 10.8. The van der Waals surface area contributed by atoms with Crippen LogP contribution in [-0.4, -0.2) is 19.1 Å². The van der Waals surface area contributed by atoms with E-state index in [4.69, 9.17) is 9.97 Å². The van der Waals surface area contributed by atoms with E-state index in [1.165, 1.54) is 66.0 Å². The molecular formula is C63H42N4. The highest BCUT2D eigenvalue weighted by atomic mass is 15.0. The number of hydrogen-bond donors (Lipinski definition) is 0. The average molecular weight is 855 g/mol. The summed E-state index contributed by atoms with van der Waals surface area (Å²) >= 11 is 0. The van der Waals surface area contributed by atoms with Crippen LogP contribution in [0.15, 0.2) is 218 Å². The smallest absolute Gasteiger partial charge is 0.160 e. The minimum absolute atomic E-state index is 0.123. The lowest BCUT2D eigenvalue weighted by molar-refractivity contribution is 0.660. The number of aromatic nitrogens is 4. The molecule has 0 saturated heterocycles. The molecule has 1 aliphatic rings. The fourth-order valence-corrected chi connectivity index (χ4v) is 11.4. The molecule has 0 saturated carbocycles. The van der Waals surface area contributed by atoms with E-state index in [-0.39, 0.29) is 5.41 Å². The molecule has 13 aromatic rings. The molecule has 0 bridgehead atoms. The molecule has 0 fully saturated rings. The number of rotatable bonds is 5. The molecule has 0 N–H and O–H groups in total. The molecule has 67 heavy (non-hydrogen) atoms. The van der Waals surface area contributed by atoms with Gasteiger partial charge in [-0.05, 0) is 118 Å². The average Bonchev–Trinajstić information content (AvgIpc) is 3.99. The van der Waals surface area contributed by atoms with Crippen molar-refractivity contribution in [3.05, 3.63) is 230 Å². The molecule has 0 atom stereocenters. The first-order chi connectivity index (χ1) is 33.0. The van der Waals surface area contributed by atoms with Crippen molar-refractivity contribution in [2.45, 2.75) is 19.3 Å². The monoisotopic (exact) mass is 854 g/mol. The van der Waals surface area contributed by atoms with Crippen LogP contribution in [0.4, 0.5) is 0 Å². The van der Waals surface area contributed by atoms with Crippen molar-refractivity contribution in [1.29, 1.82) is 0 Å². The van der Waals surface area contributed by atoms with Crippen LogP contribution in [0.2, 0.25) is 0 Å². The molecule has 0 amide bonds. The van der Waals surface area contributed by atoms with Gasteiger partial charge in [0.25, 0.3) is 0 Å². The van der Waals surface area contributed by atoms with E-state index in [0.29, 0.717) is 5.82 Å². The van der Waals surface area contributed by atoms with E-state index in [2.05, 4.69) is 241 Å². The second kappa shape index (κ2) is 14.2. The molecule has 314 valence electrons. The Hall–Kier alpha value is -8.60. The van der Waals surface area contributed by atoms with Crippen molar-refractivity contribution in [1.82, 2.24) is 19.1 Å². The fraction of sp³-hybridized carbons (Fsp3) is 0.0476. The third-order valence-electron chi connectivity index (χ3n) is 14.5. The normalized spacial score (nSPS) is 13.0. The first-order valence-electron chi connectivity index (χ1n) is 23.2. The van der Waals surface area contributed by atoms with Crippen LogP contribution in [0.1, 0.15) is 25.0 Å².